The molecule has 0 fully saturated rings. The Balaban J connectivity index is 2.24. The molecule has 1 heterocycles. The number of halogens is 1. The Morgan fingerprint density at radius 1 is 1.29 bits per heavy atom. The number of amides is 1. The molecule has 0 atom stereocenters. The van der Waals surface area contributed by atoms with Crippen molar-refractivity contribution >= 4 is 34.0 Å². The van der Waals surface area contributed by atoms with Gasteiger partial charge in [-0.2, -0.15) is 0 Å². The van der Waals surface area contributed by atoms with E-state index in [9.17, 15) is 4.79 Å². The van der Waals surface area contributed by atoms with Crippen LogP contribution in [-0.2, 0) is 0 Å². The molecular weight excluding hydrogens is 348 g/mol. The van der Waals surface area contributed by atoms with Gasteiger partial charge in [-0.15, -0.1) is 11.3 Å². The van der Waals surface area contributed by atoms with Gasteiger partial charge in [-0.25, -0.2) is 4.98 Å². The highest BCUT2D eigenvalue weighted by Gasteiger charge is 2.18. The van der Waals surface area contributed by atoms with Crippen LogP contribution in [0, 0.1) is 0 Å². The lowest BCUT2D eigenvalue weighted by Gasteiger charge is -2.16. The average molecular weight is 369 g/mol. The number of thiazole rings is 1. The zero-order valence-corrected chi connectivity index (χ0v) is 15.9. The molecule has 0 bridgehead atoms. The van der Waals surface area contributed by atoms with Gasteiger partial charge in [-0.05, 0) is 31.9 Å². The second kappa shape index (κ2) is 7.85. The summed E-state index contributed by atoms with van der Waals surface area (Å²) in [5.41, 5.74) is 1.33. The lowest BCUT2D eigenvalue weighted by molar-refractivity contribution is 0.102. The molecule has 5 nitrogen and oxygen atoms in total. The zero-order chi connectivity index (χ0) is 17.9. The first-order valence-corrected chi connectivity index (χ1v) is 8.88. The van der Waals surface area contributed by atoms with Crippen molar-refractivity contribution in [1.29, 1.82) is 0 Å². The Hall–Kier alpha value is -1.79. The molecule has 0 radical (unpaired) electrons. The third-order valence-corrected chi connectivity index (χ3v) is 4.24. The lowest BCUT2D eigenvalue weighted by atomic mass is 10.2. The number of anilines is 1. The summed E-state index contributed by atoms with van der Waals surface area (Å²) in [6, 6.07) is 3.17. The van der Waals surface area contributed by atoms with Crippen LogP contribution < -0.4 is 14.8 Å². The van der Waals surface area contributed by atoms with Crippen molar-refractivity contribution in [2.45, 2.75) is 39.7 Å². The van der Waals surface area contributed by atoms with Crippen molar-refractivity contribution in [3.63, 3.8) is 0 Å². The van der Waals surface area contributed by atoms with E-state index in [1.165, 1.54) is 18.4 Å². The standard InChI is InChI=1S/C17H21ClN2O3S/c1-9(2)13-8-24-17(19-13)20-16(21)11-6-12(18)15(23-10(3)4)14(7-11)22-5/h6-10H,1-5H3,(H,19,20,21). The first-order chi connectivity index (χ1) is 11.3. The van der Waals surface area contributed by atoms with Crippen LogP contribution >= 0.6 is 22.9 Å². The minimum absolute atomic E-state index is 0.0548. The fourth-order valence-corrected chi connectivity index (χ4v) is 3.10. The summed E-state index contributed by atoms with van der Waals surface area (Å²) >= 11 is 7.65. The second-order valence-corrected chi connectivity index (χ2v) is 7.11. The van der Waals surface area contributed by atoms with E-state index in [1.54, 1.807) is 12.1 Å². The summed E-state index contributed by atoms with van der Waals surface area (Å²) in [7, 11) is 1.51. The molecule has 0 unspecified atom stereocenters. The fourth-order valence-electron chi connectivity index (χ4n) is 1.98. The molecule has 130 valence electrons. The van der Waals surface area contributed by atoms with Gasteiger partial charge in [-0.3, -0.25) is 10.1 Å². The normalized spacial score (nSPS) is 11.0. The molecule has 1 N–H and O–H groups in total. The molecule has 0 aliphatic carbocycles. The van der Waals surface area contributed by atoms with Crippen LogP contribution in [0.1, 0.15) is 49.7 Å². The Kier molecular flexibility index (Phi) is 6.07. The minimum Gasteiger partial charge on any atom is -0.493 e. The number of carbonyl (C=O) groups excluding carboxylic acids is 1. The average Bonchev–Trinajstić information content (AvgIpc) is 2.97. The summed E-state index contributed by atoms with van der Waals surface area (Å²) in [6.07, 6.45) is -0.0548. The summed E-state index contributed by atoms with van der Waals surface area (Å²) < 4.78 is 11.0. The number of rotatable bonds is 6. The number of nitrogens with zero attached hydrogens (tertiary/aromatic N) is 1. The molecular formula is C17H21ClN2O3S. The number of nitrogens with one attached hydrogen (secondary N) is 1. The topological polar surface area (TPSA) is 60.5 Å². The van der Waals surface area contributed by atoms with Crippen LogP contribution in [-0.4, -0.2) is 24.1 Å². The van der Waals surface area contributed by atoms with E-state index in [0.717, 1.165) is 5.69 Å². The van der Waals surface area contributed by atoms with E-state index >= 15 is 0 Å². The third kappa shape index (κ3) is 4.39. The molecule has 7 heteroatoms. The summed E-state index contributed by atoms with van der Waals surface area (Å²) in [5.74, 6) is 0.871. The molecule has 2 aromatic rings. The van der Waals surface area contributed by atoms with E-state index in [2.05, 4.69) is 24.1 Å². The van der Waals surface area contributed by atoms with E-state index in [4.69, 9.17) is 21.1 Å². The van der Waals surface area contributed by atoms with E-state index < -0.39 is 0 Å². The number of aromatic nitrogens is 1. The highest BCUT2D eigenvalue weighted by Crippen LogP contribution is 2.37. The lowest BCUT2D eigenvalue weighted by Crippen LogP contribution is -2.13. The van der Waals surface area contributed by atoms with E-state index in [1.807, 2.05) is 19.2 Å². The highest BCUT2D eigenvalue weighted by molar-refractivity contribution is 7.14. The Bertz CT molecular complexity index is 729. The SMILES string of the molecule is COc1cc(C(=O)Nc2nc(C(C)C)cs2)cc(Cl)c1OC(C)C. The van der Waals surface area contributed by atoms with Crippen LogP contribution in [0.5, 0.6) is 11.5 Å². The maximum absolute atomic E-state index is 12.4. The smallest absolute Gasteiger partial charge is 0.257 e. The van der Waals surface area contributed by atoms with Crippen LogP contribution in [0.3, 0.4) is 0 Å². The van der Waals surface area contributed by atoms with Crippen molar-refractivity contribution in [3.8, 4) is 11.5 Å². The van der Waals surface area contributed by atoms with Gasteiger partial charge in [0.25, 0.3) is 5.91 Å². The molecule has 0 saturated carbocycles. The minimum atomic E-state index is -0.295. The van der Waals surface area contributed by atoms with Crippen LogP contribution in [0.25, 0.3) is 0 Å². The summed E-state index contributed by atoms with van der Waals surface area (Å²) in [5, 5.41) is 5.61. The number of carbonyl (C=O) groups is 1. The number of methoxy groups -OCH3 is 1. The van der Waals surface area contributed by atoms with Gasteiger partial charge in [0.2, 0.25) is 0 Å². The second-order valence-electron chi connectivity index (χ2n) is 5.84. The maximum atomic E-state index is 12.4. The van der Waals surface area contributed by atoms with Crippen molar-refractivity contribution in [2.24, 2.45) is 0 Å². The van der Waals surface area contributed by atoms with Crippen molar-refractivity contribution in [2.75, 3.05) is 12.4 Å². The van der Waals surface area contributed by atoms with Gasteiger partial charge in [0.05, 0.1) is 23.9 Å². The predicted octanol–water partition coefficient (Wildman–Crippen LogP) is 4.97. The summed E-state index contributed by atoms with van der Waals surface area (Å²) in [6.45, 7) is 7.90. The molecule has 1 aromatic carbocycles. The van der Waals surface area contributed by atoms with E-state index in [0.29, 0.717) is 33.1 Å². The number of hydrogen-bond acceptors (Lipinski definition) is 5. The Morgan fingerprint density at radius 3 is 2.54 bits per heavy atom. The highest BCUT2D eigenvalue weighted by atomic mass is 35.5. The fraction of sp³-hybridized carbons (Fsp3) is 0.412. The largest absolute Gasteiger partial charge is 0.493 e. The first kappa shape index (κ1) is 18.5. The van der Waals surface area contributed by atoms with Crippen LogP contribution in [0.4, 0.5) is 5.13 Å². The van der Waals surface area contributed by atoms with Gasteiger partial charge < -0.3 is 9.47 Å². The Morgan fingerprint density at radius 2 is 2.00 bits per heavy atom. The monoisotopic (exact) mass is 368 g/mol. The van der Waals surface area contributed by atoms with Crippen molar-refractivity contribution in [3.05, 3.63) is 33.8 Å². The number of benzene rings is 1. The molecule has 0 spiro atoms. The van der Waals surface area contributed by atoms with Crippen molar-refractivity contribution in [1.82, 2.24) is 4.98 Å². The summed E-state index contributed by atoms with van der Waals surface area (Å²) in [4.78, 5) is 16.8. The van der Waals surface area contributed by atoms with Gasteiger partial charge in [0, 0.05) is 10.9 Å². The number of ether oxygens (including phenoxy) is 2. The van der Waals surface area contributed by atoms with Crippen LogP contribution in [0.2, 0.25) is 5.02 Å². The molecule has 0 aliphatic rings. The van der Waals surface area contributed by atoms with Gasteiger partial charge in [-0.1, -0.05) is 25.4 Å². The molecule has 0 saturated heterocycles. The molecule has 1 aromatic heterocycles. The zero-order valence-electron chi connectivity index (χ0n) is 14.3. The van der Waals surface area contributed by atoms with Crippen LogP contribution in [0.15, 0.2) is 17.5 Å². The molecule has 1 amide bonds. The van der Waals surface area contributed by atoms with Gasteiger partial charge in [0.15, 0.2) is 16.6 Å². The quantitative estimate of drug-likeness (QED) is 0.782. The molecule has 24 heavy (non-hydrogen) atoms. The Labute approximate surface area is 151 Å². The number of hydrogen-bond donors (Lipinski definition) is 1. The molecule has 2 rings (SSSR count). The van der Waals surface area contributed by atoms with Crippen molar-refractivity contribution < 1.29 is 14.3 Å². The predicted molar refractivity (Wildman–Crippen MR) is 97.9 cm³/mol. The van der Waals surface area contributed by atoms with Gasteiger partial charge in [0.1, 0.15) is 0 Å². The van der Waals surface area contributed by atoms with E-state index in [-0.39, 0.29) is 12.0 Å². The maximum Gasteiger partial charge on any atom is 0.257 e. The first-order valence-electron chi connectivity index (χ1n) is 7.62. The molecule has 0 aliphatic heterocycles. The van der Waals surface area contributed by atoms with Gasteiger partial charge >= 0.3 is 0 Å². The third-order valence-electron chi connectivity index (χ3n) is 3.18.